The molecule has 1 saturated carbocycles. The minimum absolute atomic E-state index is 0.771. The lowest BCUT2D eigenvalue weighted by molar-refractivity contribution is 0.169. The lowest BCUT2D eigenvalue weighted by Gasteiger charge is -2.34. The van der Waals surface area contributed by atoms with E-state index in [4.69, 9.17) is 0 Å². The van der Waals surface area contributed by atoms with Crippen molar-refractivity contribution in [2.24, 2.45) is 29.6 Å². The van der Waals surface area contributed by atoms with Crippen molar-refractivity contribution >= 4 is 0 Å². The maximum atomic E-state index is 3.62. The van der Waals surface area contributed by atoms with Gasteiger partial charge in [0.2, 0.25) is 0 Å². The molecule has 0 aliphatic heterocycles. The monoisotopic (exact) mass is 239 g/mol. The highest BCUT2D eigenvalue weighted by atomic mass is 14.9. The van der Waals surface area contributed by atoms with E-state index >= 15 is 0 Å². The van der Waals surface area contributed by atoms with Crippen molar-refractivity contribution in [3.8, 4) is 0 Å². The Labute approximate surface area is 109 Å². The highest BCUT2D eigenvalue weighted by Crippen LogP contribution is 2.36. The van der Waals surface area contributed by atoms with Gasteiger partial charge >= 0.3 is 0 Å². The quantitative estimate of drug-likeness (QED) is 0.727. The molecule has 4 unspecified atom stereocenters. The lowest BCUT2D eigenvalue weighted by Crippen LogP contribution is -2.32. The van der Waals surface area contributed by atoms with Gasteiger partial charge in [0, 0.05) is 0 Å². The van der Waals surface area contributed by atoms with Crippen LogP contribution < -0.4 is 5.32 Å². The zero-order chi connectivity index (χ0) is 12.8. The molecule has 1 heteroatoms. The zero-order valence-corrected chi connectivity index (χ0v) is 12.6. The van der Waals surface area contributed by atoms with E-state index in [1.807, 2.05) is 0 Å². The molecule has 1 rings (SSSR count). The molecular formula is C16H33N. The summed E-state index contributed by atoms with van der Waals surface area (Å²) in [6, 6.07) is 0. The van der Waals surface area contributed by atoms with Gasteiger partial charge in [-0.15, -0.1) is 0 Å². The van der Waals surface area contributed by atoms with Crippen LogP contribution in [0.2, 0.25) is 0 Å². The third kappa shape index (κ3) is 5.42. The first-order valence-electron chi connectivity index (χ1n) is 7.71. The Morgan fingerprint density at radius 3 is 2.35 bits per heavy atom. The van der Waals surface area contributed by atoms with E-state index in [2.05, 4.69) is 39.9 Å². The standard InChI is InChI=1S/C16H33N/c1-12(2)10-17-11-14(4)15(5)16-8-6-7-13(3)9-16/h12-17H,6-11H2,1-5H3. The average Bonchev–Trinajstić information content (AvgIpc) is 2.27. The zero-order valence-electron chi connectivity index (χ0n) is 12.6. The second-order valence-electron chi connectivity index (χ2n) is 6.92. The average molecular weight is 239 g/mol. The van der Waals surface area contributed by atoms with Gasteiger partial charge in [0.15, 0.2) is 0 Å². The van der Waals surface area contributed by atoms with Crippen LogP contribution in [0, 0.1) is 29.6 Å². The third-order valence-electron chi connectivity index (χ3n) is 4.64. The molecule has 0 bridgehead atoms. The van der Waals surface area contributed by atoms with Crippen LogP contribution >= 0.6 is 0 Å². The molecule has 4 atom stereocenters. The molecule has 0 aromatic carbocycles. The molecule has 0 aromatic heterocycles. The number of hydrogen-bond donors (Lipinski definition) is 1. The second kappa shape index (κ2) is 7.41. The Hall–Kier alpha value is -0.0400. The molecule has 0 amide bonds. The van der Waals surface area contributed by atoms with Crippen molar-refractivity contribution in [1.29, 1.82) is 0 Å². The van der Waals surface area contributed by atoms with Crippen LogP contribution in [0.1, 0.15) is 60.3 Å². The van der Waals surface area contributed by atoms with E-state index in [0.717, 1.165) is 36.1 Å². The van der Waals surface area contributed by atoms with E-state index in [-0.39, 0.29) is 0 Å². The van der Waals surface area contributed by atoms with Crippen LogP contribution in [0.5, 0.6) is 0 Å². The molecule has 0 radical (unpaired) electrons. The van der Waals surface area contributed by atoms with Gasteiger partial charge in [-0.1, -0.05) is 53.9 Å². The summed E-state index contributed by atoms with van der Waals surface area (Å²) >= 11 is 0. The van der Waals surface area contributed by atoms with Crippen molar-refractivity contribution in [2.75, 3.05) is 13.1 Å². The molecule has 0 spiro atoms. The largest absolute Gasteiger partial charge is 0.316 e. The number of rotatable bonds is 6. The molecule has 0 saturated heterocycles. The summed E-state index contributed by atoms with van der Waals surface area (Å²) in [5.74, 6) is 4.43. The van der Waals surface area contributed by atoms with Gasteiger partial charge in [0.25, 0.3) is 0 Å². The highest BCUT2D eigenvalue weighted by Gasteiger charge is 2.26. The van der Waals surface area contributed by atoms with E-state index in [1.165, 1.54) is 32.2 Å². The minimum Gasteiger partial charge on any atom is -0.316 e. The van der Waals surface area contributed by atoms with E-state index in [0.29, 0.717) is 0 Å². The molecule has 1 aliphatic rings. The molecule has 17 heavy (non-hydrogen) atoms. The van der Waals surface area contributed by atoms with Crippen LogP contribution in [0.4, 0.5) is 0 Å². The van der Waals surface area contributed by atoms with E-state index in [1.54, 1.807) is 0 Å². The first-order chi connectivity index (χ1) is 8.00. The van der Waals surface area contributed by atoms with Crippen molar-refractivity contribution in [3.63, 3.8) is 0 Å². The summed E-state index contributed by atoms with van der Waals surface area (Å²) in [6.45, 7) is 14.3. The fraction of sp³-hybridized carbons (Fsp3) is 1.00. The van der Waals surface area contributed by atoms with Crippen LogP contribution in [0.15, 0.2) is 0 Å². The predicted molar refractivity (Wildman–Crippen MR) is 77.2 cm³/mol. The van der Waals surface area contributed by atoms with E-state index < -0.39 is 0 Å². The molecular weight excluding hydrogens is 206 g/mol. The van der Waals surface area contributed by atoms with Gasteiger partial charge in [-0.3, -0.25) is 0 Å². The fourth-order valence-electron chi connectivity index (χ4n) is 3.21. The summed E-state index contributed by atoms with van der Waals surface area (Å²) in [4.78, 5) is 0. The molecule has 1 fully saturated rings. The summed E-state index contributed by atoms with van der Waals surface area (Å²) < 4.78 is 0. The van der Waals surface area contributed by atoms with Crippen LogP contribution in [-0.4, -0.2) is 13.1 Å². The minimum atomic E-state index is 0.771. The summed E-state index contributed by atoms with van der Waals surface area (Å²) in [5, 5.41) is 3.62. The van der Waals surface area contributed by atoms with Crippen molar-refractivity contribution in [3.05, 3.63) is 0 Å². The Kier molecular flexibility index (Phi) is 6.54. The fourth-order valence-corrected chi connectivity index (χ4v) is 3.21. The number of hydrogen-bond acceptors (Lipinski definition) is 1. The van der Waals surface area contributed by atoms with Gasteiger partial charge in [0.1, 0.15) is 0 Å². The highest BCUT2D eigenvalue weighted by molar-refractivity contribution is 4.78. The smallest absolute Gasteiger partial charge is 0.00204 e. The second-order valence-corrected chi connectivity index (χ2v) is 6.92. The van der Waals surface area contributed by atoms with Gasteiger partial charge in [0.05, 0.1) is 0 Å². The summed E-state index contributed by atoms with van der Waals surface area (Å²) in [7, 11) is 0. The maximum absolute atomic E-state index is 3.62. The number of nitrogens with one attached hydrogen (secondary N) is 1. The summed E-state index contributed by atoms with van der Waals surface area (Å²) in [6.07, 6.45) is 5.86. The van der Waals surface area contributed by atoms with Crippen molar-refractivity contribution in [1.82, 2.24) is 5.32 Å². The Morgan fingerprint density at radius 2 is 1.76 bits per heavy atom. The molecule has 1 aliphatic carbocycles. The normalized spacial score (nSPS) is 29.3. The van der Waals surface area contributed by atoms with Crippen LogP contribution in [0.3, 0.4) is 0 Å². The Morgan fingerprint density at radius 1 is 1.06 bits per heavy atom. The first-order valence-corrected chi connectivity index (χ1v) is 7.71. The van der Waals surface area contributed by atoms with Gasteiger partial charge < -0.3 is 5.32 Å². The van der Waals surface area contributed by atoms with E-state index in [9.17, 15) is 0 Å². The molecule has 0 heterocycles. The molecule has 0 aromatic rings. The summed E-state index contributed by atoms with van der Waals surface area (Å²) in [5.41, 5.74) is 0. The Bertz CT molecular complexity index is 200. The first kappa shape index (κ1) is 15.0. The molecule has 102 valence electrons. The van der Waals surface area contributed by atoms with Crippen molar-refractivity contribution < 1.29 is 0 Å². The van der Waals surface area contributed by atoms with Gasteiger partial charge in [-0.25, -0.2) is 0 Å². The lowest BCUT2D eigenvalue weighted by atomic mass is 9.72. The molecule has 1 N–H and O–H groups in total. The SMILES string of the molecule is CC(C)CNCC(C)C(C)C1CCCC(C)C1. The molecule has 1 nitrogen and oxygen atoms in total. The topological polar surface area (TPSA) is 12.0 Å². The Balaban J connectivity index is 2.27. The van der Waals surface area contributed by atoms with Crippen molar-refractivity contribution in [2.45, 2.75) is 60.3 Å². The van der Waals surface area contributed by atoms with Gasteiger partial charge in [-0.2, -0.15) is 0 Å². The third-order valence-corrected chi connectivity index (χ3v) is 4.64. The van der Waals surface area contributed by atoms with Crippen LogP contribution in [-0.2, 0) is 0 Å². The van der Waals surface area contributed by atoms with Crippen LogP contribution in [0.25, 0.3) is 0 Å². The van der Waals surface area contributed by atoms with Gasteiger partial charge in [-0.05, 0) is 49.1 Å². The predicted octanol–water partition coefficient (Wildman–Crippen LogP) is 4.33. The maximum Gasteiger partial charge on any atom is -0.00204 e.